The number of fused-ring (bicyclic) bond motifs is 1. The number of allylic oxidation sites excluding steroid dienone is 5. The third-order valence-corrected chi connectivity index (χ3v) is 7.91. The smallest absolute Gasteiger partial charge is 0.279 e. The number of halogens is 2. The quantitative estimate of drug-likeness (QED) is 0.306. The molecule has 0 N–H and O–H groups in total. The lowest BCUT2D eigenvalue weighted by atomic mass is 9.79. The molecule has 2 atom stereocenters. The van der Waals surface area contributed by atoms with Gasteiger partial charge >= 0.3 is 0 Å². The summed E-state index contributed by atoms with van der Waals surface area (Å²) in [6.45, 7) is 0. The van der Waals surface area contributed by atoms with Crippen LogP contribution in [0, 0.1) is 5.92 Å². The van der Waals surface area contributed by atoms with E-state index in [0.717, 1.165) is 21.2 Å². The lowest BCUT2D eigenvalue weighted by Crippen LogP contribution is -2.27. The number of hydrogen-bond donors (Lipinski definition) is 0. The minimum Gasteiger partial charge on any atom is -0.497 e. The van der Waals surface area contributed by atoms with Crippen LogP contribution in [0.4, 0.5) is 0 Å². The Bertz CT molecular complexity index is 1670. The van der Waals surface area contributed by atoms with Crippen LogP contribution in [0.15, 0.2) is 117 Å². The highest BCUT2D eigenvalue weighted by molar-refractivity contribution is 9.11. The number of rotatable bonds is 5. The van der Waals surface area contributed by atoms with Gasteiger partial charge in [0, 0.05) is 27.4 Å². The summed E-state index contributed by atoms with van der Waals surface area (Å²) in [7, 11) is 1.61. The lowest BCUT2D eigenvalue weighted by molar-refractivity contribution is -0.113. The maximum absolute atomic E-state index is 13.8. The van der Waals surface area contributed by atoms with Crippen molar-refractivity contribution >= 4 is 56.3 Å². The van der Waals surface area contributed by atoms with Gasteiger partial charge in [-0.05, 0) is 59.2 Å². The number of methoxy groups -OCH3 is 1. The van der Waals surface area contributed by atoms with Crippen molar-refractivity contribution in [2.24, 2.45) is 16.0 Å². The molecule has 2 unspecified atom stereocenters. The van der Waals surface area contributed by atoms with E-state index in [2.05, 4.69) is 20.9 Å². The average Bonchev–Trinajstić information content (AvgIpc) is 3.41. The summed E-state index contributed by atoms with van der Waals surface area (Å²) in [5, 5.41) is 6.74. The molecule has 2 amide bonds. The molecule has 1 aliphatic carbocycles. The number of nitrogens with zero attached hydrogens (tertiary/aromatic N) is 3. The molecule has 0 radical (unpaired) electrons. The van der Waals surface area contributed by atoms with Gasteiger partial charge in [-0.2, -0.15) is 5.10 Å². The van der Waals surface area contributed by atoms with Gasteiger partial charge in [-0.1, -0.05) is 82.1 Å². The van der Waals surface area contributed by atoms with Crippen LogP contribution in [0.1, 0.15) is 33.9 Å². The number of amides is 2. The van der Waals surface area contributed by atoms with E-state index in [1.54, 1.807) is 31.4 Å². The van der Waals surface area contributed by atoms with E-state index in [-0.39, 0.29) is 17.7 Å². The summed E-state index contributed by atoms with van der Waals surface area (Å²) >= 11 is 9.80. The number of dihydropyridines is 1. The van der Waals surface area contributed by atoms with Gasteiger partial charge in [-0.15, -0.1) is 0 Å². The number of carbonyl (C=O) groups excluding carboxylic acids is 2. The number of hydrazone groups is 1. The fourth-order valence-electron chi connectivity index (χ4n) is 5.26. The van der Waals surface area contributed by atoms with Crippen LogP contribution in [0.3, 0.4) is 0 Å². The van der Waals surface area contributed by atoms with Gasteiger partial charge in [-0.25, -0.2) is 10.0 Å². The molecular formula is C32H23BrClN3O3. The van der Waals surface area contributed by atoms with E-state index < -0.39 is 6.04 Å². The number of ether oxygens (including phenoxy) is 1. The first-order valence-electron chi connectivity index (χ1n) is 12.7. The molecule has 3 aromatic carbocycles. The first kappa shape index (κ1) is 26.2. The van der Waals surface area contributed by atoms with Gasteiger partial charge in [-0.3, -0.25) is 9.59 Å². The van der Waals surface area contributed by atoms with E-state index in [4.69, 9.17) is 21.4 Å². The van der Waals surface area contributed by atoms with E-state index in [1.165, 1.54) is 5.01 Å². The molecule has 198 valence electrons. The minimum atomic E-state index is -0.441. The Morgan fingerprint density at radius 2 is 1.80 bits per heavy atom. The topological polar surface area (TPSA) is 71.3 Å². The maximum atomic E-state index is 13.8. The average molecular weight is 613 g/mol. The first-order chi connectivity index (χ1) is 19.4. The second kappa shape index (κ2) is 10.8. The van der Waals surface area contributed by atoms with Crippen LogP contribution >= 0.6 is 27.5 Å². The Hall–Kier alpha value is -4.07. The van der Waals surface area contributed by atoms with Crippen molar-refractivity contribution in [2.45, 2.75) is 12.5 Å². The molecule has 2 aliphatic heterocycles. The molecular weight excluding hydrogens is 590 g/mol. The van der Waals surface area contributed by atoms with Crippen molar-refractivity contribution in [2.75, 3.05) is 7.11 Å². The first-order valence-corrected chi connectivity index (χ1v) is 13.9. The molecule has 0 fully saturated rings. The summed E-state index contributed by atoms with van der Waals surface area (Å²) in [4.78, 5) is 32.0. The summed E-state index contributed by atoms with van der Waals surface area (Å²) in [6, 6.07) is 23.7. The van der Waals surface area contributed by atoms with Crippen LogP contribution in [-0.2, 0) is 4.79 Å². The predicted octanol–water partition coefficient (Wildman–Crippen LogP) is 7.19. The molecule has 3 aliphatic rings. The highest BCUT2D eigenvalue weighted by Gasteiger charge is 2.40. The van der Waals surface area contributed by atoms with Gasteiger partial charge in [0.05, 0.1) is 30.1 Å². The van der Waals surface area contributed by atoms with Crippen molar-refractivity contribution in [1.29, 1.82) is 0 Å². The van der Waals surface area contributed by atoms with Crippen molar-refractivity contribution in [3.63, 3.8) is 0 Å². The minimum absolute atomic E-state index is 0.241. The van der Waals surface area contributed by atoms with Crippen molar-refractivity contribution < 1.29 is 14.3 Å². The zero-order valence-electron chi connectivity index (χ0n) is 21.4. The molecule has 2 heterocycles. The largest absolute Gasteiger partial charge is 0.497 e. The van der Waals surface area contributed by atoms with Crippen LogP contribution in [0.5, 0.6) is 5.75 Å². The maximum Gasteiger partial charge on any atom is 0.279 e. The Labute approximate surface area is 245 Å². The molecule has 8 heteroatoms. The predicted molar refractivity (Wildman–Crippen MR) is 161 cm³/mol. The SMILES string of the molecule is COc1ccc(C2CC(C3=C(c4ccccc4)C4C=C(Br)C=CC4=NC3=O)=NN2C(=O)c2cccc(Cl)c2)cc1. The van der Waals surface area contributed by atoms with Crippen LogP contribution in [0.25, 0.3) is 5.57 Å². The third kappa shape index (κ3) is 4.87. The van der Waals surface area contributed by atoms with Gasteiger partial charge in [0.1, 0.15) is 5.75 Å². The van der Waals surface area contributed by atoms with Gasteiger partial charge in [0.2, 0.25) is 0 Å². The Morgan fingerprint density at radius 3 is 2.52 bits per heavy atom. The number of benzene rings is 3. The van der Waals surface area contributed by atoms with E-state index in [1.807, 2.05) is 72.8 Å². The molecule has 0 saturated heterocycles. The molecule has 6 nitrogen and oxygen atoms in total. The highest BCUT2D eigenvalue weighted by Crippen LogP contribution is 2.42. The number of carbonyl (C=O) groups is 2. The molecule has 3 aromatic rings. The normalized spacial score (nSPS) is 20.1. The zero-order valence-corrected chi connectivity index (χ0v) is 23.8. The van der Waals surface area contributed by atoms with Gasteiger partial charge in [0.25, 0.3) is 11.8 Å². The van der Waals surface area contributed by atoms with E-state index in [0.29, 0.717) is 39.8 Å². The summed E-state index contributed by atoms with van der Waals surface area (Å²) < 4.78 is 6.24. The van der Waals surface area contributed by atoms with E-state index >= 15 is 0 Å². The fourth-order valence-corrected chi connectivity index (χ4v) is 5.85. The Morgan fingerprint density at radius 1 is 1.02 bits per heavy atom. The monoisotopic (exact) mass is 611 g/mol. The van der Waals surface area contributed by atoms with Crippen molar-refractivity contribution in [1.82, 2.24) is 5.01 Å². The number of hydrogen-bond acceptors (Lipinski definition) is 4. The molecule has 0 bridgehead atoms. The molecule has 40 heavy (non-hydrogen) atoms. The third-order valence-electron chi connectivity index (χ3n) is 7.15. The molecule has 0 spiro atoms. The Balaban J connectivity index is 1.51. The van der Waals surface area contributed by atoms with Crippen molar-refractivity contribution in [3.05, 3.63) is 129 Å². The summed E-state index contributed by atoms with van der Waals surface area (Å²) in [5.74, 6) is -0.215. The summed E-state index contributed by atoms with van der Waals surface area (Å²) in [6.07, 6.45) is 6.12. The number of aliphatic imine (C=N–C) groups is 1. The van der Waals surface area contributed by atoms with Gasteiger partial charge < -0.3 is 4.74 Å². The zero-order chi connectivity index (χ0) is 27.8. The molecule has 6 rings (SSSR count). The van der Waals surface area contributed by atoms with Crippen LogP contribution in [0.2, 0.25) is 5.02 Å². The van der Waals surface area contributed by atoms with Crippen LogP contribution < -0.4 is 4.74 Å². The fraction of sp³-hybridized carbons (Fsp3) is 0.125. The highest BCUT2D eigenvalue weighted by atomic mass is 79.9. The standard InChI is InChI=1S/C32H23BrClN3O3/c1-40-24-13-10-19(11-14-24)28-18-27(36-37(28)32(39)21-8-5-9-23(34)16-21)30-29(20-6-3-2-4-7-20)25-17-22(33)12-15-26(25)35-31(30)38/h2-17,25,28H,18H2,1H3. The molecule has 0 saturated carbocycles. The lowest BCUT2D eigenvalue weighted by Gasteiger charge is -2.27. The van der Waals surface area contributed by atoms with E-state index in [9.17, 15) is 9.59 Å². The second-order valence-corrected chi connectivity index (χ2v) is 10.9. The second-order valence-electron chi connectivity index (χ2n) is 9.56. The Kier molecular flexibility index (Phi) is 7.09. The van der Waals surface area contributed by atoms with Gasteiger partial charge in [0.15, 0.2) is 0 Å². The summed E-state index contributed by atoms with van der Waals surface area (Å²) in [5.41, 5.74) is 4.61. The van der Waals surface area contributed by atoms with Crippen molar-refractivity contribution in [3.8, 4) is 5.75 Å². The van der Waals surface area contributed by atoms with Crippen LogP contribution in [-0.4, -0.2) is 35.4 Å². The molecule has 0 aromatic heterocycles.